The summed E-state index contributed by atoms with van der Waals surface area (Å²) in [5.74, 6) is 0. The molecule has 9 nitrogen and oxygen atoms in total. The van der Waals surface area contributed by atoms with Crippen LogP contribution in [0.25, 0.3) is 0 Å². The normalized spacial score (nSPS) is 52.1. The van der Waals surface area contributed by atoms with Gasteiger partial charge in [-0.3, -0.25) is 0 Å². The minimum Gasteiger partial charge on any atom is -0.388 e. The Labute approximate surface area is 108 Å². The molecule has 2 fully saturated rings. The highest BCUT2D eigenvalue weighted by atomic mass is 16.7. The van der Waals surface area contributed by atoms with Gasteiger partial charge in [-0.05, 0) is 0 Å². The van der Waals surface area contributed by atoms with E-state index in [2.05, 4.69) is 0 Å². The highest BCUT2D eigenvalue weighted by molar-refractivity contribution is 4.87. The van der Waals surface area contributed by atoms with Crippen LogP contribution in [-0.4, -0.2) is 93.1 Å². The molecule has 0 spiro atoms. The van der Waals surface area contributed by atoms with E-state index < -0.39 is 49.2 Å². The van der Waals surface area contributed by atoms with Crippen molar-refractivity contribution in [3.05, 3.63) is 0 Å². The summed E-state index contributed by atoms with van der Waals surface area (Å²) >= 11 is 0. The predicted molar refractivity (Wildman–Crippen MR) is 56.6 cm³/mol. The van der Waals surface area contributed by atoms with Crippen molar-refractivity contribution in [3.8, 4) is 0 Å². The Morgan fingerprint density at radius 2 is 1.32 bits per heavy atom. The summed E-state index contributed by atoms with van der Waals surface area (Å²) < 4.78 is 14.9. The van der Waals surface area contributed by atoms with Gasteiger partial charge in [0, 0.05) is 0 Å². The molecule has 0 saturated carbocycles. The monoisotopic (exact) mass is 282 g/mol. The molecule has 1 unspecified atom stereocenters. The van der Waals surface area contributed by atoms with Gasteiger partial charge in [-0.15, -0.1) is 0 Å². The maximum absolute atomic E-state index is 9.68. The van der Waals surface area contributed by atoms with Gasteiger partial charge >= 0.3 is 0 Å². The Hall–Kier alpha value is -0.360. The lowest BCUT2D eigenvalue weighted by Crippen LogP contribution is -2.60. The molecule has 2 aliphatic heterocycles. The number of rotatable bonds is 2. The van der Waals surface area contributed by atoms with Gasteiger partial charge in [0.2, 0.25) is 0 Å². The van der Waals surface area contributed by atoms with E-state index in [1.54, 1.807) is 0 Å². The molecule has 0 radical (unpaired) electrons. The number of ether oxygens (including phenoxy) is 3. The molecule has 0 bridgehead atoms. The van der Waals surface area contributed by atoms with Gasteiger partial charge in [0.15, 0.2) is 12.6 Å². The molecule has 0 aromatic carbocycles. The summed E-state index contributed by atoms with van der Waals surface area (Å²) in [6, 6.07) is 0. The van der Waals surface area contributed by atoms with Crippen LogP contribution in [0.1, 0.15) is 0 Å². The first kappa shape index (κ1) is 15.0. The molecule has 0 aromatic heterocycles. The van der Waals surface area contributed by atoms with Crippen LogP contribution in [0.15, 0.2) is 0 Å². The molecule has 2 rings (SSSR count). The molecular formula is C10H18O9. The van der Waals surface area contributed by atoms with Crippen molar-refractivity contribution in [1.82, 2.24) is 0 Å². The highest BCUT2D eigenvalue weighted by Crippen LogP contribution is 2.23. The third-order valence-electron chi connectivity index (χ3n) is 3.20. The summed E-state index contributed by atoms with van der Waals surface area (Å²) in [5, 5.41) is 57.0. The van der Waals surface area contributed by atoms with Crippen LogP contribution in [0.4, 0.5) is 0 Å². The fourth-order valence-electron chi connectivity index (χ4n) is 1.98. The van der Waals surface area contributed by atoms with E-state index in [-0.39, 0.29) is 13.2 Å². The zero-order valence-corrected chi connectivity index (χ0v) is 9.94. The summed E-state index contributed by atoms with van der Waals surface area (Å²) in [7, 11) is 0. The van der Waals surface area contributed by atoms with E-state index >= 15 is 0 Å². The Morgan fingerprint density at radius 3 is 2.00 bits per heavy atom. The van der Waals surface area contributed by atoms with Crippen molar-refractivity contribution in [2.75, 3.05) is 13.2 Å². The molecule has 0 aliphatic carbocycles. The Bertz CT molecular complexity index is 301. The zero-order chi connectivity index (χ0) is 14.2. The second kappa shape index (κ2) is 5.95. The second-order valence-corrected chi connectivity index (χ2v) is 4.63. The quantitative estimate of drug-likeness (QED) is 0.297. The fraction of sp³-hybridized carbons (Fsp3) is 1.00. The SMILES string of the molecule is OC1OC[C@@H](O)[C@H](O)[C@H]1O[C@H]1OC[C@@H](O)[C@H](O)[C@H]1O. The van der Waals surface area contributed by atoms with Crippen LogP contribution in [-0.2, 0) is 14.2 Å². The average molecular weight is 282 g/mol. The molecule has 6 N–H and O–H groups in total. The van der Waals surface area contributed by atoms with Crippen LogP contribution in [0.5, 0.6) is 0 Å². The van der Waals surface area contributed by atoms with Crippen LogP contribution in [0.2, 0.25) is 0 Å². The summed E-state index contributed by atoms with van der Waals surface area (Å²) in [6.07, 6.45) is -11.2. The molecule has 8 atom stereocenters. The minimum absolute atomic E-state index is 0.252. The minimum atomic E-state index is -1.55. The van der Waals surface area contributed by atoms with E-state index in [0.29, 0.717) is 0 Å². The van der Waals surface area contributed by atoms with Gasteiger partial charge in [-0.25, -0.2) is 0 Å². The maximum atomic E-state index is 9.68. The van der Waals surface area contributed by atoms with Crippen molar-refractivity contribution in [2.45, 2.75) is 49.2 Å². The van der Waals surface area contributed by atoms with Gasteiger partial charge in [0.25, 0.3) is 0 Å². The first-order chi connectivity index (χ1) is 8.91. The average Bonchev–Trinajstić information content (AvgIpc) is 2.39. The first-order valence-corrected chi connectivity index (χ1v) is 5.89. The lowest BCUT2D eigenvalue weighted by Gasteiger charge is -2.41. The Morgan fingerprint density at radius 1 is 0.737 bits per heavy atom. The number of aliphatic hydroxyl groups excluding tert-OH is 6. The molecule has 9 heteroatoms. The lowest BCUT2D eigenvalue weighted by atomic mass is 10.0. The molecule has 2 aliphatic rings. The van der Waals surface area contributed by atoms with Gasteiger partial charge in [0.1, 0.15) is 36.6 Å². The van der Waals surface area contributed by atoms with E-state index in [0.717, 1.165) is 0 Å². The zero-order valence-electron chi connectivity index (χ0n) is 9.94. The Balaban J connectivity index is 1.99. The second-order valence-electron chi connectivity index (χ2n) is 4.63. The third kappa shape index (κ3) is 3.05. The molecule has 112 valence electrons. The van der Waals surface area contributed by atoms with Crippen molar-refractivity contribution < 1.29 is 44.8 Å². The van der Waals surface area contributed by atoms with E-state index in [9.17, 15) is 30.6 Å². The van der Waals surface area contributed by atoms with E-state index in [1.807, 2.05) is 0 Å². The maximum Gasteiger partial charge on any atom is 0.186 e. The fourth-order valence-corrected chi connectivity index (χ4v) is 1.98. The predicted octanol–water partition coefficient (Wildman–Crippen LogP) is -4.12. The topological polar surface area (TPSA) is 149 Å². The van der Waals surface area contributed by atoms with E-state index in [4.69, 9.17) is 14.2 Å². The first-order valence-electron chi connectivity index (χ1n) is 5.89. The Kier molecular flexibility index (Phi) is 4.71. The molecule has 19 heavy (non-hydrogen) atoms. The molecular weight excluding hydrogens is 264 g/mol. The third-order valence-corrected chi connectivity index (χ3v) is 3.20. The van der Waals surface area contributed by atoms with Crippen LogP contribution in [0.3, 0.4) is 0 Å². The molecule has 0 amide bonds. The highest BCUT2D eigenvalue weighted by Gasteiger charge is 2.45. The summed E-state index contributed by atoms with van der Waals surface area (Å²) in [5.41, 5.74) is 0. The van der Waals surface area contributed by atoms with Crippen LogP contribution >= 0.6 is 0 Å². The van der Waals surface area contributed by atoms with Gasteiger partial charge < -0.3 is 44.8 Å². The number of hydrogen-bond donors (Lipinski definition) is 6. The van der Waals surface area contributed by atoms with Gasteiger partial charge in [0.05, 0.1) is 13.2 Å². The van der Waals surface area contributed by atoms with Gasteiger partial charge in [-0.1, -0.05) is 0 Å². The molecule has 2 saturated heterocycles. The summed E-state index contributed by atoms with van der Waals surface area (Å²) in [6.45, 7) is -0.525. The van der Waals surface area contributed by atoms with Crippen molar-refractivity contribution in [2.24, 2.45) is 0 Å². The van der Waals surface area contributed by atoms with Crippen molar-refractivity contribution >= 4 is 0 Å². The largest absolute Gasteiger partial charge is 0.388 e. The molecule has 0 aromatic rings. The number of hydrogen-bond acceptors (Lipinski definition) is 9. The smallest absolute Gasteiger partial charge is 0.186 e. The number of aliphatic hydroxyl groups is 6. The van der Waals surface area contributed by atoms with Gasteiger partial charge in [-0.2, -0.15) is 0 Å². The van der Waals surface area contributed by atoms with Crippen LogP contribution in [0, 0.1) is 0 Å². The standard InChI is InChI=1S/C10H18O9/c11-3-2-18-10(7(15)5(3)13)19-8-6(14)4(12)1-17-9(8)16/h3-16H,1-2H2/t3-,4-,5+,6+,7-,8-,9?,10-/m1/s1. The molecule has 2 heterocycles. The summed E-state index contributed by atoms with van der Waals surface area (Å²) in [4.78, 5) is 0. The lowest BCUT2D eigenvalue weighted by molar-refractivity contribution is -0.336. The van der Waals surface area contributed by atoms with Crippen LogP contribution < -0.4 is 0 Å². The van der Waals surface area contributed by atoms with E-state index in [1.165, 1.54) is 0 Å². The van der Waals surface area contributed by atoms with Crippen molar-refractivity contribution in [1.29, 1.82) is 0 Å². The van der Waals surface area contributed by atoms with Crippen molar-refractivity contribution in [3.63, 3.8) is 0 Å².